The number of amides is 1. The summed E-state index contributed by atoms with van der Waals surface area (Å²) in [7, 11) is -3.60. The van der Waals surface area contributed by atoms with Crippen molar-refractivity contribution in [3.63, 3.8) is 0 Å². The average molecular weight is 401 g/mol. The first-order valence-electron chi connectivity index (χ1n) is 7.25. The fourth-order valence-electron chi connectivity index (χ4n) is 1.87. The molecule has 4 N–H and O–H groups in total. The first kappa shape index (κ1) is 25.3. The molecule has 0 atom stereocenters. The Hall–Kier alpha value is -0.900. The maximum Gasteiger partial charge on any atom is 0.240 e. The van der Waals surface area contributed by atoms with Gasteiger partial charge in [-0.3, -0.25) is 9.69 Å². The van der Waals surface area contributed by atoms with Crippen LogP contribution in [0.15, 0.2) is 29.2 Å². The van der Waals surface area contributed by atoms with Crippen LogP contribution in [0.25, 0.3) is 0 Å². The molecule has 0 aromatic heterocycles. The van der Waals surface area contributed by atoms with Crippen molar-refractivity contribution in [1.82, 2.24) is 9.62 Å². The van der Waals surface area contributed by atoms with E-state index in [2.05, 4.69) is 10.0 Å². The number of nitrogens with two attached hydrogens (primary N) is 1. The summed E-state index contributed by atoms with van der Waals surface area (Å²) in [5.41, 5.74) is 5.75. The molecule has 1 aromatic rings. The summed E-state index contributed by atoms with van der Waals surface area (Å²) in [6.07, 6.45) is 0. The molecule has 24 heavy (non-hydrogen) atoms. The van der Waals surface area contributed by atoms with E-state index in [9.17, 15) is 13.2 Å². The molecule has 0 aliphatic rings. The van der Waals surface area contributed by atoms with Crippen molar-refractivity contribution >= 4 is 46.4 Å². The molecule has 0 unspecified atom stereocenters. The van der Waals surface area contributed by atoms with Gasteiger partial charge in [-0.15, -0.1) is 24.8 Å². The van der Waals surface area contributed by atoms with E-state index in [0.29, 0.717) is 5.69 Å². The molecule has 0 radical (unpaired) electrons. The predicted molar refractivity (Wildman–Crippen MR) is 102 cm³/mol. The van der Waals surface area contributed by atoms with Crippen LogP contribution in [0.2, 0.25) is 0 Å². The lowest BCUT2D eigenvalue weighted by Gasteiger charge is -2.17. The summed E-state index contributed by atoms with van der Waals surface area (Å²) >= 11 is 0. The number of rotatable bonds is 9. The third-order valence-electron chi connectivity index (χ3n) is 3.13. The topological polar surface area (TPSA) is 105 Å². The van der Waals surface area contributed by atoms with Crippen LogP contribution in [-0.2, 0) is 14.8 Å². The van der Waals surface area contributed by atoms with E-state index in [1.807, 2.05) is 18.7 Å². The van der Waals surface area contributed by atoms with Gasteiger partial charge in [0.2, 0.25) is 15.9 Å². The molecule has 0 aliphatic carbocycles. The zero-order valence-electron chi connectivity index (χ0n) is 13.8. The standard InChI is InChI=1S/C14H24N4O3S.2ClH/c1-3-18(4-2)11-14(19)17-12-6-5-7-13(10-12)22(20,21)16-9-8-15;;/h5-7,10,16H,3-4,8-9,11,15H2,1-2H3,(H,17,19);2*1H. The lowest BCUT2D eigenvalue weighted by Crippen LogP contribution is -2.33. The second-order valence-electron chi connectivity index (χ2n) is 4.72. The Morgan fingerprint density at radius 1 is 1.21 bits per heavy atom. The highest BCUT2D eigenvalue weighted by Gasteiger charge is 2.14. The largest absolute Gasteiger partial charge is 0.329 e. The average Bonchev–Trinajstić information content (AvgIpc) is 2.51. The minimum absolute atomic E-state index is 0. The molecule has 0 heterocycles. The maximum absolute atomic E-state index is 12.0. The Morgan fingerprint density at radius 2 is 1.83 bits per heavy atom. The Kier molecular flexibility index (Phi) is 13.2. The van der Waals surface area contributed by atoms with Gasteiger partial charge in [-0.2, -0.15) is 0 Å². The summed E-state index contributed by atoms with van der Waals surface area (Å²) in [4.78, 5) is 14.0. The zero-order valence-corrected chi connectivity index (χ0v) is 16.3. The van der Waals surface area contributed by atoms with Gasteiger partial charge in [0, 0.05) is 18.8 Å². The van der Waals surface area contributed by atoms with Gasteiger partial charge >= 0.3 is 0 Å². The van der Waals surface area contributed by atoms with E-state index in [-0.39, 0.29) is 55.3 Å². The molecule has 1 rings (SSSR count). The smallest absolute Gasteiger partial charge is 0.240 e. The number of hydrogen-bond donors (Lipinski definition) is 3. The lowest BCUT2D eigenvalue weighted by atomic mass is 10.3. The Bertz CT molecular complexity index is 595. The van der Waals surface area contributed by atoms with Crippen molar-refractivity contribution in [1.29, 1.82) is 0 Å². The van der Waals surface area contributed by atoms with Crippen LogP contribution in [0, 0.1) is 0 Å². The number of likely N-dealkylation sites (N-methyl/N-ethyl adjacent to an activating group) is 1. The molecule has 0 aliphatic heterocycles. The van der Waals surface area contributed by atoms with Crippen molar-refractivity contribution in [3.8, 4) is 0 Å². The first-order valence-corrected chi connectivity index (χ1v) is 8.73. The van der Waals surface area contributed by atoms with Crippen molar-refractivity contribution in [3.05, 3.63) is 24.3 Å². The van der Waals surface area contributed by atoms with Gasteiger partial charge in [-0.25, -0.2) is 13.1 Å². The molecule has 7 nitrogen and oxygen atoms in total. The fraction of sp³-hybridized carbons (Fsp3) is 0.500. The fourth-order valence-corrected chi connectivity index (χ4v) is 2.96. The summed E-state index contributed by atoms with van der Waals surface area (Å²) < 4.78 is 26.4. The van der Waals surface area contributed by atoms with Crippen molar-refractivity contribution in [2.45, 2.75) is 18.7 Å². The molecule has 0 saturated heterocycles. The predicted octanol–water partition coefficient (Wildman–Crippen LogP) is 1.05. The zero-order chi connectivity index (χ0) is 16.6. The minimum atomic E-state index is -3.60. The second kappa shape index (κ2) is 12.5. The van der Waals surface area contributed by atoms with Gasteiger partial charge < -0.3 is 11.1 Å². The number of nitrogens with one attached hydrogen (secondary N) is 2. The first-order chi connectivity index (χ1) is 10.4. The van der Waals surface area contributed by atoms with Crippen LogP contribution in [0.4, 0.5) is 5.69 Å². The maximum atomic E-state index is 12.0. The van der Waals surface area contributed by atoms with Gasteiger partial charge in [0.05, 0.1) is 11.4 Å². The molecule has 0 saturated carbocycles. The van der Waals surface area contributed by atoms with Crippen molar-refractivity contribution < 1.29 is 13.2 Å². The van der Waals surface area contributed by atoms with Crippen LogP contribution < -0.4 is 15.8 Å². The number of carbonyl (C=O) groups is 1. The molecule has 1 amide bonds. The number of hydrogen-bond acceptors (Lipinski definition) is 5. The summed E-state index contributed by atoms with van der Waals surface area (Å²) in [6, 6.07) is 6.14. The van der Waals surface area contributed by atoms with Crippen LogP contribution >= 0.6 is 24.8 Å². The van der Waals surface area contributed by atoms with Crippen molar-refractivity contribution in [2.24, 2.45) is 5.73 Å². The van der Waals surface area contributed by atoms with Crippen molar-refractivity contribution in [2.75, 3.05) is 38.0 Å². The summed E-state index contributed by atoms with van der Waals surface area (Å²) in [5, 5.41) is 2.71. The minimum Gasteiger partial charge on any atom is -0.329 e. The SMILES string of the molecule is CCN(CC)CC(=O)Nc1cccc(S(=O)(=O)NCCN)c1.Cl.Cl. The highest BCUT2D eigenvalue weighted by atomic mass is 35.5. The van der Waals surface area contributed by atoms with Gasteiger partial charge in [0.15, 0.2) is 0 Å². The van der Waals surface area contributed by atoms with E-state index < -0.39 is 10.0 Å². The van der Waals surface area contributed by atoms with Crippen LogP contribution in [0.1, 0.15) is 13.8 Å². The molecule has 10 heteroatoms. The quantitative estimate of drug-likeness (QED) is 0.574. The van der Waals surface area contributed by atoms with E-state index in [0.717, 1.165) is 13.1 Å². The highest BCUT2D eigenvalue weighted by molar-refractivity contribution is 7.89. The number of anilines is 1. The highest BCUT2D eigenvalue weighted by Crippen LogP contribution is 2.15. The number of benzene rings is 1. The molecule has 140 valence electrons. The third kappa shape index (κ3) is 8.27. The van der Waals surface area contributed by atoms with Crippen LogP contribution in [0.3, 0.4) is 0 Å². The van der Waals surface area contributed by atoms with Gasteiger partial charge in [0.25, 0.3) is 0 Å². The molecule has 1 aromatic carbocycles. The van der Waals surface area contributed by atoms with E-state index in [1.165, 1.54) is 12.1 Å². The third-order valence-corrected chi connectivity index (χ3v) is 4.58. The van der Waals surface area contributed by atoms with Gasteiger partial charge in [-0.05, 0) is 31.3 Å². The second-order valence-corrected chi connectivity index (χ2v) is 6.49. The van der Waals surface area contributed by atoms with E-state index >= 15 is 0 Å². The number of halogens is 2. The normalized spacial score (nSPS) is 10.7. The molecule has 0 spiro atoms. The Balaban J connectivity index is 0. The number of carbonyl (C=O) groups excluding carboxylic acids is 1. The van der Waals surface area contributed by atoms with E-state index in [1.54, 1.807) is 12.1 Å². The summed E-state index contributed by atoms with van der Waals surface area (Å²) in [5.74, 6) is -0.173. The van der Waals surface area contributed by atoms with Gasteiger partial charge in [0.1, 0.15) is 0 Å². The molecule has 0 bridgehead atoms. The molecular formula is C14H26Cl2N4O3S. The monoisotopic (exact) mass is 400 g/mol. The van der Waals surface area contributed by atoms with E-state index in [4.69, 9.17) is 5.73 Å². The lowest BCUT2D eigenvalue weighted by molar-refractivity contribution is -0.117. The molecule has 0 fully saturated rings. The van der Waals surface area contributed by atoms with Crippen LogP contribution in [-0.4, -0.2) is 51.9 Å². The Morgan fingerprint density at radius 3 is 2.38 bits per heavy atom. The molecular weight excluding hydrogens is 375 g/mol. The van der Waals surface area contributed by atoms with Gasteiger partial charge in [-0.1, -0.05) is 19.9 Å². The number of sulfonamides is 1. The number of nitrogens with zero attached hydrogens (tertiary/aromatic N) is 1. The summed E-state index contributed by atoms with van der Waals surface area (Å²) in [6.45, 7) is 6.18. The van der Waals surface area contributed by atoms with Crippen LogP contribution in [0.5, 0.6) is 0 Å². The Labute approximate surface area is 156 Å².